The van der Waals surface area contributed by atoms with E-state index in [1.807, 2.05) is 30.3 Å². The van der Waals surface area contributed by atoms with Gasteiger partial charge in [0, 0.05) is 12.0 Å². The zero-order valence-corrected chi connectivity index (χ0v) is 14.2. The van der Waals surface area contributed by atoms with Crippen molar-refractivity contribution in [3.63, 3.8) is 0 Å². The van der Waals surface area contributed by atoms with Gasteiger partial charge in [-0.25, -0.2) is 0 Å². The molecule has 0 heterocycles. The molecule has 0 aliphatic heterocycles. The first-order valence-electron chi connectivity index (χ1n) is 7.46. The molecule has 0 aliphatic carbocycles. The number of ether oxygens (including phenoxy) is 1. The summed E-state index contributed by atoms with van der Waals surface area (Å²) in [6.45, 7) is 2.18. The van der Waals surface area contributed by atoms with Crippen molar-refractivity contribution < 1.29 is 9.53 Å². The van der Waals surface area contributed by atoms with Crippen LogP contribution in [0.2, 0.25) is 0 Å². The van der Waals surface area contributed by atoms with Crippen molar-refractivity contribution in [3.05, 3.63) is 40.4 Å². The van der Waals surface area contributed by atoms with E-state index in [1.165, 1.54) is 12.8 Å². The van der Waals surface area contributed by atoms with Crippen molar-refractivity contribution >= 4 is 32.5 Å². The van der Waals surface area contributed by atoms with Crippen LogP contribution in [0.5, 0.6) is 5.75 Å². The Bertz CT molecular complexity index is 634. The largest absolute Gasteiger partial charge is 0.496 e. The van der Waals surface area contributed by atoms with Gasteiger partial charge in [-0.2, -0.15) is 0 Å². The number of benzene rings is 2. The van der Waals surface area contributed by atoms with Crippen molar-refractivity contribution in [2.24, 2.45) is 0 Å². The summed E-state index contributed by atoms with van der Waals surface area (Å²) in [6, 6.07) is 9.78. The molecule has 2 aromatic rings. The normalized spacial score (nSPS) is 10.8. The topological polar surface area (TPSA) is 26.3 Å². The van der Waals surface area contributed by atoms with E-state index in [-0.39, 0.29) is 5.78 Å². The third-order valence-electron chi connectivity index (χ3n) is 3.72. The molecule has 0 amide bonds. The van der Waals surface area contributed by atoms with Crippen LogP contribution in [-0.2, 0) is 0 Å². The van der Waals surface area contributed by atoms with Crippen molar-refractivity contribution in [2.45, 2.75) is 39.0 Å². The number of fused-ring (bicyclic) bond motifs is 1. The Balaban J connectivity index is 2.17. The number of hydrogen-bond acceptors (Lipinski definition) is 2. The fourth-order valence-electron chi connectivity index (χ4n) is 2.46. The quantitative estimate of drug-likeness (QED) is 0.469. The van der Waals surface area contributed by atoms with Crippen LogP contribution in [0.3, 0.4) is 0 Å². The van der Waals surface area contributed by atoms with E-state index in [0.717, 1.165) is 39.4 Å². The molecule has 2 rings (SSSR count). The maximum atomic E-state index is 12.2. The zero-order valence-electron chi connectivity index (χ0n) is 12.6. The molecule has 0 radical (unpaired) electrons. The lowest BCUT2D eigenvalue weighted by Crippen LogP contribution is -1.99. The molecule has 2 aromatic carbocycles. The fraction of sp³-hybridized carbons (Fsp3) is 0.389. The Labute approximate surface area is 134 Å². The SMILES string of the molecule is CCCCCCC(=O)c1ccc2c(Br)c(OC)ccc2c1. The van der Waals surface area contributed by atoms with E-state index >= 15 is 0 Å². The van der Waals surface area contributed by atoms with E-state index in [2.05, 4.69) is 22.9 Å². The summed E-state index contributed by atoms with van der Waals surface area (Å²) in [4.78, 5) is 12.2. The lowest BCUT2D eigenvalue weighted by Gasteiger charge is -2.08. The highest BCUT2D eigenvalue weighted by Gasteiger charge is 2.09. The highest BCUT2D eigenvalue weighted by molar-refractivity contribution is 9.10. The van der Waals surface area contributed by atoms with Crippen molar-refractivity contribution in [1.82, 2.24) is 0 Å². The molecule has 21 heavy (non-hydrogen) atoms. The van der Waals surface area contributed by atoms with Gasteiger partial charge in [-0.1, -0.05) is 44.4 Å². The molecule has 0 unspecified atom stereocenters. The van der Waals surface area contributed by atoms with Crippen LogP contribution < -0.4 is 4.74 Å². The molecular formula is C18H21BrO2. The molecule has 0 aliphatic rings. The van der Waals surface area contributed by atoms with Crippen LogP contribution in [0.1, 0.15) is 49.4 Å². The van der Waals surface area contributed by atoms with Gasteiger partial charge in [-0.3, -0.25) is 4.79 Å². The Kier molecular flexibility index (Phi) is 5.80. The fourth-order valence-corrected chi connectivity index (χ4v) is 3.11. The van der Waals surface area contributed by atoms with Gasteiger partial charge in [0.1, 0.15) is 5.75 Å². The summed E-state index contributed by atoms with van der Waals surface area (Å²) in [5.74, 6) is 1.04. The third kappa shape index (κ3) is 3.85. The van der Waals surface area contributed by atoms with Crippen molar-refractivity contribution in [1.29, 1.82) is 0 Å². The summed E-state index contributed by atoms with van der Waals surface area (Å²) >= 11 is 3.55. The summed E-state index contributed by atoms with van der Waals surface area (Å²) in [7, 11) is 1.65. The van der Waals surface area contributed by atoms with Gasteiger partial charge in [0.2, 0.25) is 0 Å². The predicted molar refractivity (Wildman–Crippen MR) is 91.3 cm³/mol. The van der Waals surface area contributed by atoms with Crippen molar-refractivity contribution in [2.75, 3.05) is 7.11 Å². The number of methoxy groups -OCH3 is 1. The monoisotopic (exact) mass is 348 g/mol. The molecule has 3 heteroatoms. The highest BCUT2D eigenvalue weighted by atomic mass is 79.9. The summed E-state index contributed by atoms with van der Waals surface area (Å²) in [5.41, 5.74) is 0.802. The molecule has 0 N–H and O–H groups in total. The van der Waals surface area contributed by atoms with Gasteiger partial charge >= 0.3 is 0 Å². The molecular weight excluding hydrogens is 328 g/mol. The second kappa shape index (κ2) is 7.60. The third-order valence-corrected chi connectivity index (χ3v) is 4.54. The number of unbranched alkanes of at least 4 members (excludes halogenated alkanes) is 3. The number of carbonyl (C=O) groups excluding carboxylic acids is 1. The van der Waals surface area contributed by atoms with Crippen LogP contribution >= 0.6 is 15.9 Å². The average Bonchev–Trinajstić information content (AvgIpc) is 2.51. The van der Waals surface area contributed by atoms with Gasteiger partial charge in [-0.05, 0) is 45.3 Å². The summed E-state index contributed by atoms with van der Waals surface area (Å²) < 4.78 is 6.23. The maximum Gasteiger partial charge on any atom is 0.162 e. The minimum Gasteiger partial charge on any atom is -0.496 e. The lowest BCUT2D eigenvalue weighted by atomic mass is 10.0. The second-order valence-corrected chi connectivity index (χ2v) is 6.04. The Hall–Kier alpha value is -1.35. The average molecular weight is 349 g/mol. The van der Waals surface area contributed by atoms with Crippen molar-refractivity contribution in [3.8, 4) is 5.75 Å². The number of ketones is 1. The molecule has 112 valence electrons. The second-order valence-electron chi connectivity index (χ2n) is 5.25. The molecule has 0 atom stereocenters. The van der Waals surface area contributed by atoms with Crippen LogP contribution in [0, 0.1) is 0 Å². The Morgan fingerprint density at radius 1 is 1.14 bits per heavy atom. The maximum absolute atomic E-state index is 12.2. The van der Waals surface area contributed by atoms with Gasteiger partial charge in [0.25, 0.3) is 0 Å². The summed E-state index contributed by atoms with van der Waals surface area (Å²) in [6.07, 6.45) is 5.16. The predicted octanol–water partition coefficient (Wildman–Crippen LogP) is 5.76. The molecule has 0 spiro atoms. The minimum atomic E-state index is 0.236. The van der Waals surface area contributed by atoms with Crippen LogP contribution in [-0.4, -0.2) is 12.9 Å². The molecule has 0 fully saturated rings. The minimum absolute atomic E-state index is 0.236. The number of carbonyl (C=O) groups is 1. The van der Waals surface area contributed by atoms with Crippen LogP contribution in [0.15, 0.2) is 34.8 Å². The number of rotatable bonds is 7. The number of halogens is 1. The van der Waals surface area contributed by atoms with E-state index in [0.29, 0.717) is 6.42 Å². The van der Waals surface area contributed by atoms with Gasteiger partial charge in [0.05, 0.1) is 11.6 Å². The van der Waals surface area contributed by atoms with Gasteiger partial charge in [-0.15, -0.1) is 0 Å². The Morgan fingerprint density at radius 3 is 2.67 bits per heavy atom. The summed E-state index contributed by atoms with van der Waals surface area (Å²) in [5, 5.41) is 2.12. The number of Topliss-reactive ketones (excluding diaryl/α,β-unsaturated/α-hetero) is 1. The highest BCUT2D eigenvalue weighted by Crippen LogP contribution is 2.33. The molecule has 0 saturated heterocycles. The molecule has 2 nitrogen and oxygen atoms in total. The zero-order chi connectivity index (χ0) is 15.2. The van der Waals surface area contributed by atoms with Gasteiger partial charge < -0.3 is 4.74 Å². The Morgan fingerprint density at radius 2 is 1.95 bits per heavy atom. The molecule has 0 aromatic heterocycles. The number of hydrogen-bond donors (Lipinski definition) is 0. The first-order chi connectivity index (χ1) is 10.2. The van der Waals surface area contributed by atoms with Crippen LogP contribution in [0.25, 0.3) is 10.8 Å². The standard InChI is InChI=1S/C18H21BrO2/c1-3-4-5-6-7-16(20)14-8-10-15-13(12-14)9-11-17(21-2)18(15)19/h8-12H,3-7H2,1-2H3. The van der Waals surface area contributed by atoms with E-state index in [4.69, 9.17) is 4.74 Å². The van der Waals surface area contributed by atoms with Crippen LogP contribution in [0.4, 0.5) is 0 Å². The first-order valence-corrected chi connectivity index (χ1v) is 8.26. The molecule has 0 saturated carbocycles. The smallest absolute Gasteiger partial charge is 0.162 e. The van der Waals surface area contributed by atoms with E-state index in [9.17, 15) is 4.79 Å². The first kappa shape index (κ1) is 16.0. The molecule has 0 bridgehead atoms. The van der Waals surface area contributed by atoms with Gasteiger partial charge in [0.15, 0.2) is 5.78 Å². The lowest BCUT2D eigenvalue weighted by molar-refractivity contribution is 0.0979. The van der Waals surface area contributed by atoms with E-state index in [1.54, 1.807) is 7.11 Å². The van der Waals surface area contributed by atoms with E-state index < -0.39 is 0 Å².